The summed E-state index contributed by atoms with van der Waals surface area (Å²) in [5.41, 5.74) is 0.867. The quantitative estimate of drug-likeness (QED) is 0.822. The van der Waals surface area contributed by atoms with Crippen molar-refractivity contribution in [2.75, 3.05) is 20.3 Å². The molecule has 0 radical (unpaired) electrons. The van der Waals surface area contributed by atoms with Crippen LogP contribution < -0.4 is 9.47 Å². The van der Waals surface area contributed by atoms with Gasteiger partial charge in [-0.25, -0.2) is 4.79 Å². The van der Waals surface area contributed by atoms with Gasteiger partial charge in [-0.05, 0) is 19.9 Å². The molecule has 0 saturated carbocycles. The molecule has 118 valence electrons. The smallest absolute Gasteiger partial charge is 0.361 e. The fourth-order valence-electron chi connectivity index (χ4n) is 1.90. The van der Waals surface area contributed by atoms with Crippen LogP contribution in [0.25, 0.3) is 11.3 Å². The van der Waals surface area contributed by atoms with Crippen molar-refractivity contribution in [3.05, 3.63) is 22.8 Å². The molecule has 0 spiro atoms. The average molecular weight is 326 g/mol. The molecule has 1 aromatic heterocycles. The summed E-state index contributed by atoms with van der Waals surface area (Å²) < 4.78 is 15.7. The van der Waals surface area contributed by atoms with Crippen LogP contribution in [0.1, 0.15) is 24.3 Å². The molecule has 1 heterocycles. The van der Waals surface area contributed by atoms with Crippen LogP contribution in [0.3, 0.4) is 0 Å². The van der Waals surface area contributed by atoms with E-state index in [2.05, 4.69) is 15.4 Å². The topological polar surface area (TPSA) is 86.3 Å². The highest BCUT2D eigenvalue weighted by Gasteiger charge is 2.22. The van der Waals surface area contributed by atoms with Gasteiger partial charge in [-0.15, -0.1) is 5.10 Å². The first kappa shape index (κ1) is 16.1. The summed E-state index contributed by atoms with van der Waals surface area (Å²) in [5.74, 6) is 0.426. The number of hydrogen-bond acceptors (Lipinski definition) is 6. The predicted octanol–water partition coefficient (Wildman–Crippen LogP) is 2.71. The predicted molar refractivity (Wildman–Crippen MR) is 80.5 cm³/mol. The Labute approximate surface area is 132 Å². The number of carbonyl (C=O) groups is 1. The number of benzene rings is 1. The monoisotopic (exact) mass is 325 g/mol. The van der Waals surface area contributed by atoms with Crippen molar-refractivity contribution in [3.8, 4) is 22.8 Å². The molecule has 0 aliphatic rings. The summed E-state index contributed by atoms with van der Waals surface area (Å²) in [6.07, 6.45) is 0. The average Bonchev–Trinajstić information content (AvgIpc) is 2.98. The Morgan fingerprint density at radius 3 is 2.64 bits per heavy atom. The minimum Gasteiger partial charge on any atom is -0.493 e. The number of aromatic nitrogens is 3. The van der Waals surface area contributed by atoms with E-state index in [4.69, 9.17) is 25.8 Å². The van der Waals surface area contributed by atoms with E-state index in [1.165, 1.54) is 7.11 Å². The Bertz CT molecular complexity index is 672. The SMILES string of the molecule is CCOC(=O)c1n[nH]nc1-c1cc(OCC)c(OC)cc1Cl. The van der Waals surface area contributed by atoms with Crippen LogP contribution in [-0.4, -0.2) is 41.7 Å². The Hall–Kier alpha value is -2.28. The van der Waals surface area contributed by atoms with Gasteiger partial charge in [0.15, 0.2) is 17.2 Å². The third-order valence-corrected chi connectivity index (χ3v) is 3.14. The zero-order valence-corrected chi connectivity index (χ0v) is 13.2. The molecule has 0 atom stereocenters. The van der Waals surface area contributed by atoms with Crippen molar-refractivity contribution < 1.29 is 19.0 Å². The number of nitrogens with one attached hydrogen (secondary N) is 1. The Morgan fingerprint density at radius 2 is 2.00 bits per heavy atom. The maximum absolute atomic E-state index is 11.9. The van der Waals surface area contributed by atoms with Gasteiger partial charge in [0, 0.05) is 11.6 Å². The van der Waals surface area contributed by atoms with Crippen LogP contribution in [0.5, 0.6) is 11.5 Å². The lowest BCUT2D eigenvalue weighted by molar-refractivity contribution is 0.0520. The van der Waals surface area contributed by atoms with E-state index in [9.17, 15) is 4.79 Å². The maximum Gasteiger partial charge on any atom is 0.361 e. The third kappa shape index (κ3) is 3.14. The van der Waals surface area contributed by atoms with Crippen molar-refractivity contribution in [1.82, 2.24) is 15.4 Å². The number of hydrogen-bond donors (Lipinski definition) is 1. The van der Waals surface area contributed by atoms with Gasteiger partial charge in [-0.1, -0.05) is 11.6 Å². The van der Waals surface area contributed by atoms with Gasteiger partial charge in [0.25, 0.3) is 0 Å². The highest BCUT2D eigenvalue weighted by atomic mass is 35.5. The zero-order chi connectivity index (χ0) is 16.1. The molecule has 2 aromatic rings. The molecule has 0 fully saturated rings. The summed E-state index contributed by atoms with van der Waals surface area (Å²) in [7, 11) is 1.52. The van der Waals surface area contributed by atoms with Crippen molar-refractivity contribution in [1.29, 1.82) is 0 Å². The van der Waals surface area contributed by atoms with Crippen molar-refractivity contribution in [2.45, 2.75) is 13.8 Å². The second-order valence-electron chi connectivity index (χ2n) is 4.16. The first-order valence-corrected chi connectivity index (χ1v) is 7.08. The number of esters is 1. The van der Waals surface area contributed by atoms with E-state index in [1.807, 2.05) is 6.92 Å². The van der Waals surface area contributed by atoms with E-state index in [-0.39, 0.29) is 12.3 Å². The molecule has 0 aliphatic carbocycles. The number of rotatable bonds is 6. The Morgan fingerprint density at radius 1 is 1.23 bits per heavy atom. The second kappa shape index (κ2) is 7.13. The van der Waals surface area contributed by atoms with Crippen LogP contribution in [0.15, 0.2) is 12.1 Å². The van der Waals surface area contributed by atoms with Gasteiger partial charge in [-0.2, -0.15) is 10.3 Å². The second-order valence-corrected chi connectivity index (χ2v) is 4.56. The molecule has 1 N–H and O–H groups in total. The lowest BCUT2D eigenvalue weighted by Gasteiger charge is -2.12. The minimum absolute atomic E-state index is 0.0661. The number of methoxy groups -OCH3 is 1. The molecule has 1 aromatic carbocycles. The van der Waals surface area contributed by atoms with Gasteiger partial charge in [0.1, 0.15) is 5.69 Å². The third-order valence-electron chi connectivity index (χ3n) is 2.82. The molecular weight excluding hydrogens is 310 g/mol. The van der Waals surface area contributed by atoms with Gasteiger partial charge < -0.3 is 14.2 Å². The molecule has 7 nitrogen and oxygen atoms in total. The zero-order valence-electron chi connectivity index (χ0n) is 12.5. The van der Waals surface area contributed by atoms with Crippen molar-refractivity contribution >= 4 is 17.6 Å². The summed E-state index contributed by atoms with van der Waals surface area (Å²) in [6, 6.07) is 3.26. The molecule has 0 bridgehead atoms. The number of carbonyl (C=O) groups excluding carboxylic acids is 1. The van der Waals surface area contributed by atoms with Gasteiger partial charge in [0.05, 0.1) is 25.3 Å². The minimum atomic E-state index is -0.573. The summed E-state index contributed by atoms with van der Waals surface area (Å²) >= 11 is 6.26. The number of ether oxygens (including phenoxy) is 3. The lowest BCUT2D eigenvalue weighted by atomic mass is 10.1. The molecular formula is C14H16ClN3O4. The molecule has 2 rings (SSSR count). The molecule has 8 heteroatoms. The maximum atomic E-state index is 11.9. The van der Waals surface area contributed by atoms with E-state index in [0.717, 1.165) is 0 Å². The first-order valence-electron chi connectivity index (χ1n) is 6.70. The standard InChI is InChI=1S/C14H16ClN3O4/c1-4-21-11-6-8(9(15)7-10(11)20-3)12-13(17-18-16-12)14(19)22-5-2/h6-7H,4-5H2,1-3H3,(H,16,17,18). The lowest BCUT2D eigenvalue weighted by Crippen LogP contribution is -2.07. The van der Waals surface area contributed by atoms with Crippen LogP contribution in [-0.2, 0) is 4.74 Å². The highest BCUT2D eigenvalue weighted by molar-refractivity contribution is 6.33. The Kier molecular flexibility index (Phi) is 5.21. The van der Waals surface area contributed by atoms with Crippen LogP contribution in [0.2, 0.25) is 5.02 Å². The van der Waals surface area contributed by atoms with E-state index in [0.29, 0.717) is 34.4 Å². The van der Waals surface area contributed by atoms with E-state index < -0.39 is 5.97 Å². The van der Waals surface area contributed by atoms with Gasteiger partial charge >= 0.3 is 5.97 Å². The summed E-state index contributed by atoms with van der Waals surface area (Å²) in [5, 5.41) is 10.6. The number of nitrogens with zero attached hydrogens (tertiary/aromatic N) is 2. The molecule has 0 saturated heterocycles. The molecule has 22 heavy (non-hydrogen) atoms. The van der Waals surface area contributed by atoms with Gasteiger partial charge in [0.2, 0.25) is 0 Å². The van der Waals surface area contributed by atoms with Crippen molar-refractivity contribution in [3.63, 3.8) is 0 Å². The number of H-pyrrole nitrogens is 1. The number of halogens is 1. The molecule has 0 amide bonds. The van der Waals surface area contributed by atoms with Crippen LogP contribution in [0.4, 0.5) is 0 Å². The van der Waals surface area contributed by atoms with Crippen LogP contribution >= 0.6 is 11.6 Å². The first-order chi connectivity index (χ1) is 10.6. The molecule has 0 unspecified atom stereocenters. The summed E-state index contributed by atoms with van der Waals surface area (Å²) in [4.78, 5) is 11.9. The van der Waals surface area contributed by atoms with E-state index >= 15 is 0 Å². The normalized spacial score (nSPS) is 10.4. The van der Waals surface area contributed by atoms with Crippen LogP contribution in [0, 0.1) is 0 Å². The fraction of sp³-hybridized carbons (Fsp3) is 0.357. The Balaban J connectivity index is 2.51. The van der Waals surface area contributed by atoms with E-state index in [1.54, 1.807) is 19.1 Å². The summed E-state index contributed by atoms with van der Waals surface area (Å²) in [6.45, 7) is 4.27. The molecule has 0 aliphatic heterocycles. The highest BCUT2D eigenvalue weighted by Crippen LogP contribution is 2.38. The van der Waals surface area contributed by atoms with Gasteiger partial charge in [-0.3, -0.25) is 0 Å². The largest absolute Gasteiger partial charge is 0.493 e. The number of aromatic amines is 1. The fourth-order valence-corrected chi connectivity index (χ4v) is 2.15. The van der Waals surface area contributed by atoms with Crippen molar-refractivity contribution in [2.24, 2.45) is 0 Å².